The monoisotopic (exact) mass is 302 g/mol. The highest BCUT2D eigenvalue weighted by Crippen LogP contribution is 2.33. The van der Waals surface area contributed by atoms with Crippen LogP contribution >= 0.6 is 11.6 Å². The molecule has 0 aliphatic carbocycles. The molecule has 0 unspecified atom stereocenters. The third-order valence-electron chi connectivity index (χ3n) is 4.08. The Hall–Kier alpha value is -1.72. The molecule has 1 aliphatic heterocycles. The molecule has 6 heteroatoms. The quantitative estimate of drug-likeness (QED) is 0.648. The molecule has 5 nitrogen and oxygen atoms in total. The number of pyridine rings is 1. The highest BCUT2D eigenvalue weighted by atomic mass is 35.5. The normalized spacial score (nSPS) is 16.9. The van der Waals surface area contributed by atoms with Crippen molar-refractivity contribution in [3.8, 4) is 0 Å². The maximum absolute atomic E-state index is 6.33. The Balaban J connectivity index is 2.03. The number of hydrogen-bond donors (Lipinski definition) is 0. The van der Waals surface area contributed by atoms with E-state index in [0.29, 0.717) is 16.9 Å². The van der Waals surface area contributed by atoms with Gasteiger partial charge in [0, 0.05) is 25.6 Å². The summed E-state index contributed by atoms with van der Waals surface area (Å²) < 4.78 is 7.48. The zero-order valence-corrected chi connectivity index (χ0v) is 12.5. The van der Waals surface area contributed by atoms with Crippen molar-refractivity contribution < 1.29 is 4.74 Å². The summed E-state index contributed by atoms with van der Waals surface area (Å²) in [5, 5.41) is 1.38. The molecule has 1 fully saturated rings. The Morgan fingerprint density at radius 2 is 2.05 bits per heavy atom. The number of ether oxygens (including phenoxy) is 1. The van der Waals surface area contributed by atoms with Crippen LogP contribution in [0, 0.1) is 6.92 Å². The molecule has 0 N–H and O–H groups in total. The lowest BCUT2D eigenvalue weighted by atomic mass is 9.92. The summed E-state index contributed by atoms with van der Waals surface area (Å²) >= 11 is 6.33. The van der Waals surface area contributed by atoms with Gasteiger partial charge >= 0.3 is 0 Å². The maximum Gasteiger partial charge on any atom is 0.150 e. The molecule has 0 saturated carbocycles. The third-order valence-corrected chi connectivity index (χ3v) is 4.37. The maximum atomic E-state index is 6.33. The summed E-state index contributed by atoms with van der Waals surface area (Å²) in [6.45, 7) is 3.45. The average molecular weight is 303 g/mol. The topological polar surface area (TPSA) is 52.3 Å². The Labute approximate surface area is 126 Å². The molecule has 21 heavy (non-hydrogen) atoms. The van der Waals surface area contributed by atoms with Crippen LogP contribution in [0.5, 0.6) is 0 Å². The molecular weight excluding hydrogens is 288 g/mol. The van der Waals surface area contributed by atoms with Gasteiger partial charge in [-0.15, -0.1) is 0 Å². The van der Waals surface area contributed by atoms with Crippen LogP contribution in [0.25, 0.3) is 16.7 Å². The van der Waals surface area contributed by atoms with E-state index in [2.05, 4.69) is 21.0 Å². The van der Waals surface area contributed by atoms with E-state index in [1.807, 2.05) is 23.7 Å². The van der Waals surface area contributed by atoms with E-state index in [1.54, 1.807) is 0 Å². The van der Waals surface area contributed by atoms with E-state index < -0.39 is 0 Å². The molecule has 0 amide bonds. The first-order valence-corrected chi connectivity index (χ1v) is 7.49. The number of rotatable bonds is 1. The standard InChI is InChI=1S/C15H15ClN4O/c1-9-18-13(16)12-8-11(10-2-6-21-7-3-10)14-17-4-5-20(14)15(12)19-9/h4-5,8,10H,2-3,6-7H2,1H3. The van der Waals surface area contributed by atoms with E-state index in [1.165, 1.54) is 5.56 Å². The van der Waals surface area contributed by atoms with Gasteiger partial charge in [0.05, 0.1) is 5.39 Å². The van der Waals surface area contributed by atoms with Crippen molar-refractivity contribution in [3.05, 3.63) is 35.0 Å². The van der Waals surface area contributed by atoms with Gasteiger partial charge in [0.15, 0.2) is 5.65 Å². The molecular formula is C15H15ClN4O. The number of halogens is 1. The Kier molecular flexibility index (Phi) is 3.05. The number of aromatic nitrogens is 4. The molecule has 1 saturated heterocycles. The second-order valence-corrected chi connectivity index (χ2v) is 5.76. The van der Waals surface area contributed by atoms with Crippen molar-refractivity contribution in [2.45, 2.75) is 25.7 Å². The second kappa shape index (κ2) is 4.93. The Bertz CT molecular complexity index is 823. The molecule has 4 rings (SSSR count). The molecule has 0 aromatic carbocycles. The molecule has 0 bridgehead atoms. The number of hydrogen-bond acceptors (Lipinski definition) is 4. The summed E-state index contributed by atoms with van der Waals surface area (Å²) in [6, 6.07) is 2.11. The van der Waals surface area contributed by atoms with Crippen LogP contribution in [0.15, 0.2) is 18.5 Å². The van der Waals surface area contributed by atoms with Crippen molar-refractivity contribution in [2.24, 2.45) is 0 Å². The predicted octanol–water partition coefficient (Wildman–Crippen LogP) is 3.13. The lowest BCUT2D eigenvalue weighted by Crippen LogP contribution is -2.15. The fraction of sp³-hybridized carbons (Fsp3) is 0.400. The van der Waals surface area contributed by atoms with E-state index >= 15 is 0 Å². The third kappa shape index (κ3) is 2.08. The van der Waals surface area contributed by atoms with Crippen molar-refractivity contribution in [1.29, 1.82) is 0 Å². The van der Waals surface area contributed by atoms with Gasteiger partial charge in [0.1, 0.15) is 16.6 Å². The first-order chi connectivity index (χ1) is 10.2. The SMILES string of the molecule is Cc1nc(Cl)c2cc(C3CCOCC3)c3nccn3c2n1. The van der Waals surface area contributed by atoms with Crippen molar-refractivity contribution in [3.63, 3.8) is 0 Å². The van der Waals surface area contributed by atoms with Crippen LogP contribution in [-0.2, 0) is 4.74 Å². The van der Waals surface area contributed by atoms with Crippen LogP contribution in [0.4, 0.5) is 0 Å². The average Bonchev–Trinajstić information content (AvgIpc) is 2.97. The number of imidazole rings is 1. The van der Waals surface area contributed by atoms with Gasteiger partial charge in [-0.3, -0.25) is 4.40 Å². The van der Waals surface area contributed by atoms with Crippen LogP contribution in [0.1, 0.15) is 30.1 Å². The van der Waals surface area contributed by atoms with Crippen LogP contribution in [0.2, 0.25) is 5.15 Å². The van der Waals surface area contributed by atoms with Gasteiger partial charge in [-0.1, -0.05) is 11.6 Å². The highest BCUT2D eigenvalue weighted by molar-refractivity contribution is 6.34. The summed E-state index contributed by atoms with van der Waals surface area (Å²) in [6.07, 6.45) is 5.77. The lowest BCUT2D eigenvalue weighted by molar-refractivity contribution is 0.0855. The van der Waals surface area contributed by atoms with Crippen LogP contribution < -0.4 is 0 Å². The predicted molar refractivity (Wildman–Crippen MR) is 80.8 cm³/mol. The zero-order valence-electron chi connectivity index (χ0n) is 11.7. The van der Waals surface area contributed by atoms with Crippen molar-refractivity contribution in [2.75, 3.05) is 13.2 Å². The molecule has 3 aromatic rings. The van der Waals surface area contributed by atoms with Gasteiger partial charge in [-0.25, -0.2) is 15.0 Å². The number of nitrogens with zero attached hydrogens (tertiary/aromatic N) is 4. The molecule has 3 aromatic heterocycles. The summed E-state index contributed by atoms with van der Waals surface area (Å²) in [4.78, 5) is 13.3. The van der Waals surface area contributed by atoms with Gasteiger partial charge in [0.25, 0.3) is 0 Å². The van der Waals surface area contributed by atoms with E-state index in [9.17, 15) is 0 Å². The van der Waals surface area contributed by atoms with Gasteiger partial charge in [-0.2, -0.15) is 0 Å². The van der Waals surface area contributed by atoms with E-state index in [0.717, 1.165) is 42.7 Å². The summed E-state index contributed by atoms with van der Waals surface area (Å²) in [5.74, 6) is 1.12. The lowest BCUT2D eigenvalue weighted by Gasteiger charge is -2.23. The highest BCUT2D eigenvalue weighted by Gasteiger charge is 2.21. The zero-order chi connectivity index (χ0) is 14.4. The number of fused-ring (bicyclic) bond motifs is 3. The molecule has 0 atom stereocenters. The summed E-state index contributed by atoms with van der Waals surface area (Å²) in [5.41, 5.74) is 2.99. The van der Waals surface area contributed by atoms with Gasteiger partial charge in [0.2, 0.25) is 0 Å². The molecule has 1 aliphatic rings. The molecule has 4 heterocycles. The summed E-state index contributed by atoms with van der Waals surface area (Å²) in [7, 11) is 0. The minimum Gasteiger partial charge on any atom is -0.381 e. The minimum atomic E-state index is 0.449. The van der Waals surface area contributed by atoms with Crippen LogP contribution in [-0.4, -0.2) is 32.6 Å². The first-order valence-electron chi connectivity index (χ1n) is 7.11. The van der Waals surface area contributed by atoms with Crippen LogP contribution in [0.3, 0.4) is 0 Å². The number of aryl methyl sites for hydroxylation is 1. The van der Waals surface area contributed by atoms with Crippen molar-refractivity contribution in [1.82, 2.24) is 19.4 Å². The first kappa shape index (κ1) is 13.0. The van der Waals surface area contributed by atoms with E-state index in [4.69, 9.17) is 16.3 Å². The largest absolute Gasteiger partial charge is 0.381 e. The smallest absolute Gasteiger partial charge is 0.150 e. The van der Waals surface area contributed by atoms with Gasteiger partial charge in [-0.05, 0) is 37.3 Å². The van der Waals surface area contributed by atoms with Gasteiger partial charge < -0.3 is 4.74 Å². The minimum absolute atomic E-state index is 0.449. The molecule has 0 radical (unpaired) electrons. The fourth-order valence-electron chi connectivity index (χ4n) is 3.06. The van der Waals surface area contributed by atoms with Crippen molar-refractivity contribution >= 4 is 28.3 Å². The van der Waals surface area contributed by atoms with E-state index in [-0.39, 0.29) is 0 Å². The molecule has 0 spiro atoms. The molecule has 108 valence electrons. The second-order valence-electron chi connectivity index (χ2n) is 5.41. The Morgan fingerprint density at radius 3 is 2.86 bits per heavy atom. The Morgan fingerprint density at radius 1 is 1.24 bits per heavy atom. The fourth-order valence-corrected chi connectivity index (χ4v) is 3.32.